The fourth-order valence-electron chi connectivity index (χ4n) is 2.45. The molecule has 0 radical (unpaired) electrons. The Balaban J connectivity index is 4.10. The SMILES string of the molecule is CCOC(=O)NCCCCC(CCCNC(=O)OCC)CNC(=O)OCC. The number of nitrogens with one attached hydrogen (secondary N) is 3. The largest absolute Gasteiger partial charge is 0.450 e. The summed E-state index contributed by atoms with van der Waals surface area (Å²) in [5.74, 6) is 0.265. The number of rotatable bonds is 14. The predicted octanol–water partition coefficient (Wildman–Crippen LogP) is 2.79. The molecule has 0 bridgehead atoms. The van der Waals surface area contributed by atoms with Crippen molar-refractivity contribution in [1.29, 1.82) is 0 Å². The molecule has 0 aliphatic carbocycles. The summed E-state index contributed by atoms with van der Waals surface area (Å²) in [4.78, 5) is 34.0. The third-order valence-electron chi connectivity index (χ3n) is 3.73. The van der Waals surface area contributed by atoms with Gasteiger partial charge in [-0.2, -0.15) is 0 Å². The standard InChI is InChI=1S/C18H35N3O6/c1-4-25-16(22)19-12-8-7-10-15(14-21-18(24)27-6-3)11-9-13-20-17(23)26-5-2/h15H,4-14H2,1-3H3,(H,19,22)(H,20,23)(H,21,24). The van der Waals surface area contributed by atoms with Crippen LogP contribution in [0.25, 0.3) is 0 Å². The molecule has 3 N–H and O–H groups in total. The second-order valence-corrected chi connectivity index (χ2v) is 5.90. The van der Waals surface area contributed by atoms with Gasteiger partial charge in [0.15, 0.2) is 0 Å². The Bertz CT molecular complexity index is 420. The maximum Gasteiger partial charge on any atom is 0.407 e. The van der Waals surface area contributed by atoms with E-state index in [9.17, 15) is 14.4 Å². The first kappa shape index (κ1) is 24.8. The van der Waals surface area contributed by atoms with Crippen LogP contribution in [0.15, 0.2) is 0 Å². The molecule has 9 nitrogen and oxygen atoms in total. The minimum Gasteiger partial charge on any atom is -0.450 e. The van der Waals surface area contributed by atoms with Crippen LogP contribution in [0.5, 0.6) is 0 Å². The fourth-order valence-corrected chi connectivity index (χ4v) is 2.45. The molecule has 1 atom stereocenters. The number of hydrogen-bond acceptors (Lipinski definition) is 6. The molecule has 0 saturated heterocycles. The van der Waals surface area contributed by atoms with Crippen LogP contribution >= 0.6 is 0 Å². The normalized spacial score (nSPS) is 11.2. The minimum atomic E-state index is -0.420. The summed E-state index contributed by atoms with van der Waals surface area (Å²) < 4.78 is 14.5. The summed E-state index contributed by atoms with van der Waals surface area (Å²) in [6.45, 7) is 7.91. The van der Waals surface area contributed by atoms with Gasteiger partial charge in [-0.15, -0.1) is 0 Å². The molecule has 0 aromatic rings. The predicted molar refractivity (Wildman–Crippen MR) is 102 cm³/mol. The number of carbonyl (C=O) groups is 3. The summed E-state index contributed by atoms with van der Waals surface area (Å²) in [6.07, 6.45) is 3.04. The zero-order chi connectivity index (χ0) is 20.3. The van der Waals surface area contributed by atoms with Crippen molar-refractivity contribution in [3.05, 3.63) is 0 Å². The zero-order valence-electron chi connectivity index (χ0n) is 16.8. The average molecular weight is 389 g/mol. The molecule has 0 rings (SSSR count). The van der Waals surface area contributed by atoms with Crippen molar-refractivity contribution in [2.75, 3.05) is 39.5 Å². The Kier molecular flexibility index (Phi) is 15.8. The van der Waals surface area contributed by atoms with Crippen LogP contribution in [0.4, 0.5) is 14.4 Å². The second kappa shape index (κ2) is 17.2. The maximum absolute atomic E-state index is 11.5. The second-order valence-electron chi connectivity index (χ2n) is 5.90. The molecular formula is C18H35N3O6. The van der Waals surface area contributed by atoms with E-state index in [1.54, 1.807) is 20.8 Å². The van der Waals surface area contributed by atoms with Crippen LogP contribution < -0.4 is 16.0 Å². The Morgan fingerprint density at radius 2 is 1.11 bits per heavy atom. The number of hydrogen-bond donors (Lipinski definition) is 3. The van der Waals surface area contributed by atoms with Crippen molar-refractivity contribution in [2.45, 2.75) is 52.9 Å². The smallest absolute Gasteiger partial charge is 0.407 e. The summed E-state index contributed by atoms with van der Waals surface area (Å²) >= 11 is 0. The van der Waals surface area contributed by atoms with E-state index in [1.807, 2.05) is 0 Å². The molecule has 0 heterocycles. The van der Waals surface area contributed by atoms with Gasteiger partial charge in [0, 0.05) is 19.6 Å². The third-order valence-corrected chi connectivity index (χ3v) is 3.73. The molecule has 0 aromatic carbocycles. The quantitative estimate of drug-likeness (QED) is 0.311. The van der Waals surface area contributed by atoms with Crippen molar-refractivity contribution in [3.63, 3.8) is 0 Å². The molecule has 0 spiro atoms. The lowest BCUT2D eigenvalue weighted by Gasteiger charge is -2.18. The molecule has 9 heteroatoms. The van der Waals surface area contributed by atoms with Crippen LogP contribution in [0.1, 0.15) is 52.9 Å². The van der Waals surface area contributed by atoms with Crippen molar-refractivity contribution in [3.8, 4) is 0 Å². The van der Waals surface area contributed by atoms with Crippen LogP contribution in [0, 0.1) is 5.92 Å². The molecule has 0 aromatic heterocycles. The van der Waals surface area contributed by atoms with Gasteiger partial charge in [0.05, 0.1) is 19.8 Å². The van der Waals surface area contributed by atoms with Crippen LogP contribution in [-0.4, -0.2) is 57.7 Å². The zero-order valence-corrected chi connectivity index (χ0v) is 16.8. The highest BCUT2D eigenvalue weighted by atomic mass is 16.6. The number of ether oxygens (including phenoxy) is 3. The van der Waals surface area contributed by atoms with E-state index < -0.39 is 18.3 Å². The van der Waals surface area contributed by atoms with Gasteiger partial charge in [-0.05, 0) is 52.4 Å². The van der Waals surface area contributed by atoms with Gasteiger partial charge in [0.2, 0.25) is 0 Å². The van der Waals surface area contributed by atoms with E-state index in [4.69, 9.17) is 14.2 Å². The van der Waals surface area contributed by atoms with E-state index >= 15 is 0 Å². The van der Waals surface area contributed by atoms with E-state index in [1.165, 1.54) is 0 Å². The molecule has 0 saturated carbocycles. The highest BCUT2D eigenvalue weighted by Gasteiger charge is 2.12. The first-order chi connectivity index (χ1) is 13.0. The lowest BCUT2D eigenvalue weighted by molar-refractivity contribution is 0.148. The molecule has 27 heavy (non-hydrogen) atoms. The minimum absolute atomic E-state index is 0.265. The van der Waals surface area contributed by atoms with Crippen LogP contribution in [0.3, 0.4) is 0 Å². The van der Waals surface area contributed by atoms with Crippen LogP contribution in [0.2, 0.25) is 0 Å². The Hall–Kier alpha value is -2.19. The molecule has 0 aliphatic rings. The number of amides is 3. The molecule has 0 fully saturated rings. The monoisotopic (exact) mass is 389 g/mol. The fraction of sp³-hybridized carbons (Fsp3) is 0.833. The highest BCUT2D eigenvalue weighted by molar-refractivity contribution is 5.67. The van der Waals surface area contributed by atoms with E-state index in [-0.39, 0.29) is 5.92 Å². The van der Waals surface area contributed by atoms with Crippen molar-refractivity contribution in [2.24, 2.45) is 5.92 Å². The van der Waals surface area contributed by atoms with E-state index in [0.717, 1.165) is 32.1 Å². The van der Waals surface area contributed by atoms with Crippen molar-refractivity contribution >= 4 is 18.3 Å². The Morgan fingerprint density at radius 1 is 0.667 bits per heavy atom. The molecular weight excluding hydrogens is 354 g/mol. The van der Waals surface area contributed by atoms with Crippen molar-refractivity contribution < 1.29 is 28.6 Å². The highest BCUT2D eigenvalue weighted by Crippen LogP contribution is 2.14. The lowest BCUT2D eigenvalue weighted by Crippen LogP contribution is -2.31. The van der Waals surface area contributed by atoms with Crippen LogP contribution in [-0.2, 0) is 14.2 Å². The molecule has 1 unspecified atom stereocenters. The van der Waals surface area contributed by atoms with Gasteiger partial charge in [0.25, 0.3) is 0 Å². The maximum atomic E-state index is 11.5. The van der Waals surface area contributed by atoms with Gasteiger partial charge < -0.3 is 30.2 Å². The number of unbranched alkanes of at least 4 members (excludes halogenated alkanes) is 1. The van der Waals surface area contributed by atoms with E-state index in [2.05, 4.69) is 16.0 Å². The van der Waals surface area contributed by atoms with Gasteiger partial charge >= 0.3 is 18.3 Å². The average Bonchev–Trinajstić information content (AvgIpc) is 2.62. The lowest BCUT2D eigenvalue weighted by atomic mass is 9.96. The summed E-state index contributed by atoms with van der Waals surface area (Å²) in [5.41, 5.74) is 0. The van der Waals surface area contributed by atoms with E-state index in [0.29, 0.717) is 39.5 Å². The van der Waals surface area contributed by atoms with Gasteiger partial charge in [-0.1, -0.05) is 6.42 Å². The number of carbonyl (C=O) groups excluding carboxylic acids is 3. The molecule has 0 aliphatic heterocycles. The summed E-state index contributed by atoms with van der Waals surface area (Å²) in [7, 11) is 0. The molecule has 158 valence electrons. The first-order valence-corrected chi connectivity index (χ1v) is 9.75. The van der Waals surface area contributed by atoms with Gasteiger partial charge in [0.1, 0.15) is 0 Å². The summed E-state index contributed by atoms with van der Waals surface area (Å²) in [6, 6.07) is 0. The number of alkyl carbamates (subject to hydrolysis) is 3. The first-order valence-electron chi connectivity index (χ1n) is 9.75. The Labute approximate surface area is 161 Å². The third kappa shape index (κ3) is 15.8. The molecule has 3 amide bonds. The Morgan fingerprint density at radius 3 is 1.63 bits per heavy atom. The van der Waals surface area contributed by atoms with Gasteiger partial charge in [-0.25, -0.2) is 14.4 Å². The topological polar surface area (TPSA) is 115 Å². The van der Waals surface area contributed by atoms with Gasteiger partial charge in [-0.3, -0.25) is 0 Å². The summed E-state index contributed by atoms with van der Waals surface area (Å²) in [5, 5.41) is 8.15. The van der Waals surface area contributed by atoms with Crippen molar-refractivity contribution in [1.82, 2.24) is 16.0 Å².